The minimum Gasteiger partial charge on any atom is -0.494 e. The van der Waals surface area contributed by atoms with Gasteiger partial charge in [-0.15, -0.1) is 0 Å². The summed E-state index contributed by atoms with van der Waals surface area (Å²) in [6.07, 6.45) is 3.37. The summed E-state index contributed by atoms with van der Waals surface area (Å²) < 4.78 is 6.56. The molecule has 0 bridgehead atoms. The first-order chi connectivity index (χ1) is 16.2. The summed E-state index contributed by atoms with van der Waals surface area (Å²) in [6.45, 7) is 4.07. The lowest BCUT2D eigenvalue weighted by atomic mass is 9.97. The maximum Gasteiger partial charge on any atom is 0.231 e. The highest BCUT2D eigenvalue weighted by atomic mass is 32.1. The number of piperidine rings is 1. The van der Waals surface area contributed by atoms with E-state index < -0.39 is 0 Å². The van der Waals surface area contributed by atoms with Gasteiger partial charge in [0, 0.05) is 24.7 Å². The number of carbonyl (C=O) groups is 1. The summed E-state index contributed by atoms with van der Waals surface area (Å²) in [5.74, 6) is 1.54. The lowest BCUT2D eigenvalue weighted by molar-refractivity contribution is -0.120. The summed E-state index contributed by atoms with van der Waals surface area (Å²) in [5, 5.41) is 3.65. The van der Waals surface area contributed by atoms with Crippen molar-refractivity contribution in [2.75, 3.05) is 29.9 Å². The molecule has 1 atom stereocenters. The van der Waals surface area contributed by atoms with Crippen molar-refractivity contribution >= 4 is 38.4 Å². The highest BCUT2D eigenvalue weighted by Crippen LogP contribution is 2.31. The van der Waals surface area contributed by atoms with Crippen molar-refractivity contribution in [1.82, 2.24) is 15.0 Å². The Morgan fingerprint density at radius 3 is 2.91 bits per heavy atom. The van der Waals surface area contributed by atoms with E-state index in [1.54, 1.807) is 6.33 Å². The van der Waals surface area contributed by atoms with Gasteiger partial charge < -0.3 is 15.0 Å². The zero-order valence-electron chi connectivity index (χ0n) is 18.4. The van der Waals surface area contributed by atoms with E-state index in [2.05, 4.69) is 25.2 Å². The molecule has 8 heteroatoms. The maximum absolute atomic E-state index is 13.1. The van der Waals surface area contributed by atoms with Crippen molar-refractivity contribution in [2.45, 2.75) is 19.8 Å². The van der Waals surface area contributed by atoms with Gasteiger partial charge in [-0.1, -0.05) is 41.7 Å². The van der Waals surface area contributed by atoms with Crippen LogP contribution in [0.1, 0.15) is 19.8 Å². The topological polar surface area (TPSA) is 80.2 Å². The molecule has 1 fully saturated rings. The van der Waals surface area contributed by atoms with Crippen LogP contribution in [0, 0.1) is 5.92 Å². The van der Waals surface area contributed by atoms with Gasteiger partial charge in [-0.25, -0.2) is 15.0 Å². The molecule has 0 saturated carbocycles. The largest absolute Gasteiger partial charge is 0.494 e. The summed E-state index contributed by atoms with van der Waals surface area (Å²) in [6, 6.07) is 17.9. The number of anilines is 2. The van der Waals surface area contributed by atoms with Crippen molar-refractivity contribution in [3.8, 4) is 17.0 Å². The lowest BCUT2D eigenvalue weighted by Crippen LogP contribution is -2.41. The second kappa shape index (κ2) is 9.54. The summed E-state index contributed by atoms with van der Waals surface area (Å²) >= 11 is 1.47. The molecule has 4 aromatic rings. The van der Waals surface area contributed by atoms with Crippen molar-refractivity contribution in [3.63, 3.8) is 0 Å². The smallest absolute Gasteiger partial charge is 0.231 e. The number of ether oxygens (including phenoxy) is 1. The first kappa shape index (κ1) is 21.3. The van der Waals surface area contributed by atoms with Crippen LogP contribution in [0.3, 0.4) is 0 Å². The molecule has 1 unspecified atom stereocenters. The van der Waals surface area contributed by atoms with Gasteiger partial charge in [-0.05, 0) is 38.0 Å². The molecule has 1 aliphatic rings. The van der Waals surface area contributed by atoms with Gasteiger partial charge in [0.25, 0.3) is 0 Å². The Kier molecular flexibility index (Phi) is 6.17. The molecular formula is C25H25N5O2S. The zero-order valence-corrected chi connectivity index (χ0v) is 19.2. The fourth-order valence-corrected chi connectivity index (χ4v) is 5.01. The second-order valence-electron chi connectivity index (χ2n) is 7.98. The minimum atomic E-state index is -0.125. The molecule has 7 nitrogen and oxygen atoms in total. The average Bonchev–Trinajstić information content (AvgIpc) is 3.26. The fourth-order valence-electron chi connectivity index (χ4n) is 4.11. The van der Waals surface area contributed by atoms with E-state index in [-0.39, 0.29) is 11.8 Å². The highest BCUT2D eigenvalue weighted by Gasteiger charge is 2.27. The van der Waals surface area contributed by atoms with Crippen LogP contribution in [0.2, 0.25) is 0 Å². The van der Waals surface area contributed by atoms with E-state index in [0.29, 0.717) is 18.3 Å². The molecule has 1 amide bonds. The number of carbonyl (C=O) groups excluding carboxylic acids is 1. The van der Waals surface area contributed by atoms with E-state index in [9.17, 15) is 4.79 Å². The van der Waals surface area contributed by atoms with E-state index in [1.807, 2.05) is 61.5 Å². The predicted molar refractivity (Wildman–Crippen MR) is 132 cm³/mol. The Balaban J connectivity index is 1.28. The van der Waals surface area contributed by atoms with Crippen LogP contribution in [-0.2, 0) is 4.79 Å². The van der Waals surface area contributed by atoms with Gasteiger partial charge in [0.05, 0.1) is 28.4 Å². The first-order valence-electron chi connectivity index (χ1n) is 11.2. The quantitative estimate of drug-likeness (QED) is 0.437. The monoisotopic (exact) mass is 459 g/mol. The summed E-state index contributed by atoms with van der Waals surface area (Å²) in [7, 11) is 0. The van der Waals surface area contributed by atoms with Gasteiger partial charge in [0.1, 0.15) is 17.9 Å². The molecule has 1 saturated heterocycles. The van der Waals surface area contributed by atoms with Crippen LogP contribution in [0.15, 0.2) is 60.9 Å². The molecule has 1 N–H and O–H groups in total. The third kappa shape index (κ3) is 4.80. The van der Waals surface area contributed by atoms with Crippen LogP contribution in [0.25, 0.3) is 21.5 Å². The van der Waals surface area contributed by atoms with Crippen LogP contribution in [-0.4, -0.2) is 40.6 Å². The number of thiazole rings is 1. The Morgan fingerprint density at radius 2 is 2.06 bits per heavy atom. The van der Waals surface area contributed by atoms with Crippen molar-refractivity contribution in [2.24, 2.45) is 5.92 Å². The maximum atomic E-state index is 13.1. The first-order valence-corrected chi connectivity index (χ1v) is 12.0. The molecule has 33 heavy (non-hydrogen) atoms. The average molecular weight is 460 g/mol. The van der Waals surface area contributed by atoms with Gasteiger partial charge in [-0.2, -0.15) is 0 Å². The number of fused-ring (bicyclic) bond motifs is 1. The Labute approximate surface area is 196 Å². The number of rotatable bonds is 6. The van der Waals surface area contributed by atoms with Crippen molar-refractivity contribution in [3.05, 3.63) is 60.9 Å². The number of hydrogen-bond donors (Lipinski definition) is 1. The Morgan fingerprint density at radius 1 is 1.18 bits per heavy atom. The number of nitrogens with one attached hydrogen (secondary N) is 1. The minimum absolute atomic E-state index is 0.00104. The SMILES string of the molecule is CCOc1ccc2nc(NC(=O)C3CCCN(c4cc(-c5ccccc5)ncn4)C3)sc2c1. The Bertz CT molecular complexity index is 1260. The van der Waals surface area contributed by atoms with Crippen LogP contribution in [0.4, 0.5) is 10.9 Å². The van der Waals surface area contributed by atoms with E-state index in [1.165, 1.54) is 11.3 Å². The number of hydrogen-bond acceptors (Lipinski definition) is 7. The van der Waals surface area contributed by atoms with Gasteiger partial charge in [0.15, 0.2) is 5.13 Å². The fraction of sp³-hybridized carbons (Fsp3) is 0.280. The molecule has 0 spiro atoms. The highest BCUT2D eigenvalue weighted by molar-refractivity contribution is 7.22. The van der Waals surface area contributed by atoms with Crippen LogP contribution < -0.4 is 15.0 Å². The van der Waals surface area contributed by atoms with Gasteiger partial charge in [0.2, 0.25) is 5.91 Å². The number of nitrogens with zero attached hydrogens (tertiary/aromatic N) is 4. The molecule has 0 radical (unpaired) electrons. The molecule has 2 aromatic heterocycles. The number of amides is 1. The molecule has 3 heterocycles. The third-order valence-electron chi connectivity index (χ3n) is 5.74. The predicted octanol–water partition coefficient (Wildman–Crippen LogP) is 5.01. The van der Waals surface area contributed by atoms with E-state index in [0.717, 1.165) is 52.4 Å². The molecule has 5 rings (SSSR count). The zero-order chi connectivity index (χ0) is 22.6. The molecule has 168 valence electrons. The summed E-state index contributed by atoms with van der Waals surface area (Å²) in [5.41, 5.74) is 2.79. The van der Waals surface area contributed by atoms with Crippen LogP contribution >= 0.6 is 11.3 Å². The van der Waals surface area contributed by atoms with E-state index in [4.69, 9.17) is 4.74 Å². The lowest BCUT2D eigenvalue weighted by Gasteiger charge is -2.32. The van der Waals surface area contributed by atoms with Gasteiger partial charge >= 0.3 is 0 Å². The molecule has 2 aromatic carbocycles. The Hall–Kier alpha value is -3.52. The standard InChI is InChI=1S/C25H25N5O2S/c1-2-32-19-10-11-20-22(13-19)33-25(28-20)29-24(31)18-9-6-12-30(15-18)23-14-21(26-16-27-23)17-7-4-3-5-8-17/h3-5,7-8,10-11,13-14,16,18H,2,6,9,12,15H2,1H3,(H,28,29,31). The van der Waals surface area contributed by atoms with Gasteiger partial charge in [-0.3, -0.25) is 4.79 Å². The van der Waals surface area contributed by atoms with Crippen molar-refractivity contribution < 1.29 is 9.53 Å². The van der Waals surface area contributed by atoms with Crippen LogP contribution in [0.5, 0.6) is 5.75 Å². The summed E-state index contributed by atoms with van der Waals surface area (Å²) in [4.78, 5) is 28.7. The normalized spacial score (nSPS) is 16.0. The second-order valence-corrected chi connectivity index (χ2v) is 9.01. The van der Waals surface area contributed by atoms with E-state index >= 15 is 0 Å². The molecule has 0 aliphatic carbocycles. The third-order valence-corrected chi connectivity index (χ3v) is 6.67. The molecule has 1 aliphatic heterocycles. The van der Waals surface area contributed by atoms with Crippen molar-refractivity contribution in [1.29, 1.82) is 0 Å². The number of aromatic nitrogens is 3. The number of benzene rings is 2. The molecular weight excluding hydrogens is 434 g/mol.